The summed E-state index contributed by atoms with van der Waals surface area (Å²) in [6.07, 6.45) is 0. The number of aliphatic carboxylic acids is 1. The van der Waals surface area contributed by atoms with Crippen molar-refractivity contribution in [3.63, 3.8) is 0 Å². The van der Waals surface area contributed by atoms with Crippen molar-refractivity contribution in [3.05, 3.63) is 33.0 Å². The van der Waals surface area contributed by atoms with Crippen molar-refractivity contribution in [3.8, 4) is 0 Å². The molecule has 1 aromatic rings. The van der Waals surface area contributed by atoms with Crippen LogP contribution < -0.4 is 5.73 Å². The highest BCUT2D eigenvalue weighted by atomic mass is 79.9. The zero-order chi connectivity index (χ0) is 11.6. The quantitative estimate of drug-likeness (QED) is 0.842. The molecule has 0 bridgehead atoms. The Balaban J connectivity index is 3.34. The molecule has 1 rings (SSSR count). The van der Waals surface area contributed by atoms with Crippen LogP contribution in [0.5, 0.6) is 0 Å². The lowest BCUT2D eigenvalue weighted by Crippen LogP contribution is -2.22. The molecule has 15 heavy (non-hydrogen) atoms. The Morgan fingerprint density at radius 2 is 2.27 bits per heavy atom. The van der Waals surface area contributed by atoms with Crippen LogP contribution in [0.3, 0.4) is 0 Å². The van der Waals surface area contributed by atoms with E-state index in [1.165, 1.54) is 12.1 Å². The highest BCUT2D eigenvalue weighted by molar-refractivity contribution is 9.10. The molecule has 6 heteroatoms. The molecule has 0 fully saturated rings. The fraction of sp³-hybridized carbons (Fsp3) is 0.222. The molecule has 0 heterocycles. The van der Waals surface area contributed by atoms with Gasteiger partial charge in [0.15, 0.2) is 0 Å². The number of carbonyl (C=O) groups is 1. The second kappa shape index (κ2) is 4.92. The molecule has 0 saturated carbocycles. The van der Waals surface area contributed by atoms with Crippen molar-refractivity contribution in [2.75, 3.05) is 6.54 Å². The molecule has 0 aliphatic heterocycles. The number of nitrogens with two attached hydrogens (primary N) is 1. The number of carboxylic acids is 1. The van der Waals surface area contributed by atoms with Gasteiger partial charge in [-0.3, -0.25) is 4.79 Å². The maximum atomic E-state index is 13.6. The summed E-state index contributed by atoms with van der Waals surface area (Å²) in [7, 11) is 0. The Hall–Kier alpha value is -0.650. The summed E-state index contributed by atoms with van der Waals surface area (Å²) < 4.78 is 13.9. The number of carboxylic acid groups (broad SMARTS) is 1. The van der Waals surface area contributed by atoms with E-state index in [4.69, 9.17) is 22.4 Å². The van der Waals surface area contributed by atoms with E-state index in [1.54, 1.807) is 0 Å². The lowest BCUT2D eigenvalue weighted by atomic mass is 9.99. The Bertz CT molecular complexity index is 400. The maximum absolute atomic E-state index is 13.6. The molecule has 0 aliphatic carbocycles. The lowest BCUT2D eigenvalue weighted by Gasteiger charge is -2.13. The van der Waals surface area contributed by atoms with Crippen LogP contribution >= 0.6 is 27.5 Å². The van der Waals surface area contributed by atoms with E-state index < -0.39 is 17.7 Å². The largest absolute Gasteiger partial charge is 0.481 e. The summed E-state index contributed by atoms with van der Waals surface area (Å²) in [4.78, 5) is 10.8. The molecular weight excluding hydrogens is 288 g/mol. The summed E-state index contributed by atoms with van der Waals surface area (Å²) in [5, 5.41) is 8.74. The van der Waals surface area contributed by atoms with Gasteiger partial charge in [0, 0.05) is 16.6 Å². The first-order valence-electron chi connectivity index (χ1n) is 4.05. The van der Waals surface area contributed by atoms with Gasteiger partial charge in [-0.15, -0.1) is 0 Å². The summed E-state index contributed by atoms with van der Waals surface area (Å²) in [5.74, 6) is -3.03. The lowest BCUT2D eigenvalue weighted by molar-refractivity contribution is -0.138. The molecule has 1 atom stereocenters. The molecule has 0 radical (unpaired) electrons. The Kier molecular flexibility index (Phi) is 4.07. The number of benzene rings is 1. The maximum Gasteiger partial charge on any atom is 0.312 e. The average molecular weight is 297 g/mol. The summed E-state index contributed by atoms with van der Waals surface area (Å²) in [6, 6.07) is 2.84. The highest BCUT2D eigenvalue weighted by Crippen LogP contribution is 2.31. The monoisotopic (exact) mass is 295 g/mol. The topological polar surface area (TPSA) is 63.3 Å². The molecule has 0 aromatic heterocycles. The second-order valence-electron chi connectivity index (χ2n) is 2.88. The van der Waals surface area contributed by atoms with E-state index in [1.807, 2.05) is 0 Å². The van der Waals surface area contributed by atoms with Crippen LogP contribution in [0, 0.1) is 5.82 Å². The SMILES string of the molecule is NCC(C(=O)O)c1c(Br)ccc(Cl)c1F. The van der Waals surface area contributed by atoms with Crippen molar-refractivity contribution in [1.82, 2.24) is 0 Å². The average Bonchev–Trinajstić information content (AvgIpc) is 2.18. The van der Waals surface area contributed by atoms with Crippen molar-refractivity contribution in [1.29, 1.82) is 0 Å². The summed E-state index contributed by atoms with van der Waals surface area (Å²) in [5.41, 5.74) is 5.27. The van der Waals surface area contributed by atoms with Crippen LogP contribution in [-0.2, 0) is 4.79 Å². The molecule has 3 nitrogen and oxygen atoms in total. The minimum atomic E-state index is -1.18. The van der Waals surface area contributed by atoms with Crippen LogP contribution in [0.15, 0.2) is 16.6 Å². The van der Waals surface area contributed by atoms with E-state index >= 15 is 0 Å². The van der Waals surface area contributed by atoms with Crippen LogP contribution in [0.4, 0.5) is 4.39 Å². The van der Waals surface area contributed by atoms with Gasteiger partial charge in [-0.2, -0.15) is 0 Å². The third-order valence-electron chi connectivity index (χ3n) is 1.96. The van der Waals surface area contributed by atoms with Crippen molar-refractivity contribution in [2.24, 2.45) is 5.73 Å². The van der Waals surface area contributed by atoms with E-state index in [-0.39, 0.29) is 17.1 Å². The molecule has 0 amide bonds. The summed E-state index contributed by atoms with van der Waals surface area (Å²) >= 11 is 8.64. The molecule has 1 aromatic carbocycles. The Labute approximate surface area is 99.2 Å². The Morgan fingerprint density at radius 3 is 2.73 bits per heavy atom. The first kappa shape index (κ1) is 12.4. The molecule has 0 aliphatic rings. The fourth-order valence-electron chi connectivity index (χ4n) is 1.20. The standard InChI is InChI=1S/C9H8BrClFNO2/c10-5-1-2-6(11)8(12)7(5)4(3-13)9(14)15/h1-2,4H,3,13H2,(H,14,15). The van der Waals surface area contributed by atoms with Gasteiger partial charge in [-0.05, 0) is 12.1 Å². The molecule has 0 saturated heterocycles. The molecule has 3 N–H and O–H groups in total. The van der Waals surface area contributed by atoms with Crippen LogP contribution in [-0.4, -0.2) is 17.6 Å². The van der Waals surface area contributed by atoms with Gasteiger partial charge in [0.05, 0.1) is 10.9 Å². The fourth-order valence-corrected chi connectivity index (χ4v) is 1.95. The smallest absolute Gasteiger partial charge is 0.312 e. The molecular formula is C9H8BrClFNO2. The van der Waals surface area contributed by atoms with Gasteiger partial charge in [-0.1, -0.05) is 27.5 Å². The third kappa shape index (κ3) is 2.48. The zero-order valence-corrected chi connectivity index (χ0v) is 9.85. The minimum absolute atomic E-state index is 0.0162. The van der Waals surface area contributed by atoms with E-state index in [2.05, 4.69) is 15.9 Å². The highest BCUT2D eigenvalue weighted by Gasteiger charge is 2.25. The van der Waals surface area contributed by atoms with Gasteiger partial charge in [0.1, 0.15) is 5.82 Å². The van der Waals surface area contributed by atoms with Gasteiger partial charge < -0.3 is 10.8 Å². The van der Waals surface area contributed by atoms with E-state index in [9.17, 15) is 9.18 Å². The number of hydrogen-bond acceptors (Lipinski definition) is 2. The van der Waals surface area contributed by atoms with Gasteiger partial charge in [0.2, 0.25) is 0 Å². The first-order valence-corrected chi connectivity index (χ1v) is 5.22. The van der Waals surface area contributed by atoms with Crippen LogP contribution in [0.25, 0.3) is 0 Å². The summed E-state index contributed by atoms with van der Waals surface area (Å²) in [6.45, 7) is -0.189. The third-order valence-corrected chi connectivity index (χ3v) is 2.95. The van der Waals surface area contributed by atoms with Crippen molar-refractivity contribution >= 4 is 33.5 Å². The second-order valence-corrected chi connectivity index (χ2v) is 4.14. The number of halogens is 3. The molecule has 0 spiro atoms. The van der Waals surface area contributed by atoms with E-state index in [0.29, 0.717) is 4.47 Å². The van der Waals surface area contributed by atoms with Crippen LogP contribution in [0.2, 0.25) is 5.02 Å². The van der Waals surface area contributed by atoms with Crippen molar-refractivity contribution in [2.45, 2.75) is 5.92 Å². The Morgan fingerprint density at radius 1 is 1.67 bits per heavy atom. The molecule has 1 unspecified atom stereocenters. The normalized spacial score (nSPS) is 12.5. The van der Waals surface area contributed by atoms with Crippen molar-refractivity contribution < 1.29 is 14.3 Å². The van der Waals surface area contributed by atoms with Gasteiger partial charge in [0.25, 0.3) is 0 Å². The predicted octanol–water partition coefficient (Wildman–Crippen LogP) is 2.37. The molecule has 82 valence electrons. The zero-order valence-electron chi connectivity index (χ0n) is 7.51. The van der Waals surface area contributed by atoms with Gasteiger partial charge in [-0.25, -0.2) is 4.39 Å². The first-order chi connectivity index (χ1) is 6.99. The van der Waals surface area contributed by atoms with Gasteiger partial charge >= 0.3 is 5.97 Å². The van der Waals surface area contributed by atoms with E-state index in [0.717, 1.165) is 0 Å². The minimum Gasteiger partial charge on any atom is -0.481 e. The number of rotatable bonds is 3. The predicted molar refractivity (Wildman–Crippen MR) is 58.5 cm³/mol. The van der Waals surface area contributed by atoms with Crippen LogP contribution in [0.1, 0.15) is 11.5 Å². The number of hydrogen-bond donors (Lipinski definition) is 2.